The van der Waals surface area contributed by atoms with Crippen LogP contribution in [-0.2, 0) is 0 Å². The summed E-state index contributed by atoms with van der Waals surface area (Å²) in [5.74, 6) is -0.186. The Labute approximate surface area is 127 Å². The van der Waals surface area contributed by atoms with E-state index >= 15 is 0 Å². The highest BCUT2D eigenvalue weighted by Crippen LogP contribution is 2.26. The molecule has 4 N–H and O–H groups in total. The number of nitrogen functional groups attached to an aromatic ring is 1. The number of anilines is 1. The number of aromatic nitrogens is 2. The lowest BCUT2D eigenvalue weighted by atomic mass is 10.1. The Hall–Kier alpha value is -3.21. The molecule has 5 nitrogen and oxygen atoms in total. The topological polar surface area (TPSA) is 94.9 Å². The quantitative estimate of drug-likeness (QED) is 0.774. The van der Waals surface area contributed by atoms with Crippen molar-refractivity contribution >= 4 is 11.7 Å². The average Bonchev–Trinajstić information content (AvgIpc) is 2.56. The number of carbonyl (C=O) groups excluding carboxylic acids is 1. The molecule has 2 aromatic carbocycles. The van der Waals surface area contributed by atoms with E-state index in [2.05, 4.69) is 9.97 Å². The van der Waals surface area contributed by atoms with Crippen LogP contribution in [0.2, 0.25) is 0 Å². The lowest BCUT2D eigenvalue weighted by molar-refractivity contribution is 0.100. The fourth-order valence-electron chi connectivity index (χ4n) is 2.18. The minimum atomic E-state index is -0.493. The normalized spacial score (nSPS) is 10.4. The third-order valence-corrected chi connectivity index (χ3v) is 3.29. The third kappa shape index (κ3) is 2.64. The molecule has 108 valence electrons. The summed E-state index contributed by atoms with van der Waals surface area (Å²) in [5.41, 5.74) is 14.6. The van der Waals surface area contributed by atoms with Gasteiger partial charge in [0.25, 0.3) is 0 Å². The second-order valence-electron chi connectivity index (χ2n) is 4.80. The fourth-order valence-corrected chi connectivity index (χ4v) is 2.18. The summed E-state index contributed by atoms with van der Waals surface area (Å²) < 4.78 is 0. The molecule has 1 amide bonds. The molecule has 22 heavy (non-hydrogen) atoms. The monoisotopic (exact) mass is 290 g/mol. The summed E-state index contributed by atoms with van der Waals surface area (Å²) in [7, 11) is 0. The molecule has 5 heteroatoms. The van der Waals surface area contributed by atoms with Crippen molar-refractivity contribution in [2.24, 2.45) is 5.73 Å². The maximum atomic E-state index is 11.3. The van der Waals surface area contributed by atoms with Crippen LogP contribution in [0, 0.1) is 0 Å². The van der Waals surface area contributed by atoms with Crippen LogP contribution >= 0.6 is 0 Å². The Kier molecular flexibility index (Phi) is 3.53. The molecule has 0 aliphatic rings. The Balaban J connectivity index is 2.11. The van der Waals surface area contributed by atoms with Gasteiger partial charge in [-0.1, -0.05) is 42.5 Å². The first kappa shape index (κ1) is 13.8. The summed E-state index contributed by atoms with van der Waals surface area (Å²) in [6.45, 7) is 0. The molecule has 0 radical (unpaired) electrons. The maximum Gasteiger partial charge on any atom is 0.248 e. The predicted molar refractivity (Wildman–Crippen MR) is 85.8 cm³/mol. The van der Waals surface area contributed by atoms with Crippen molar-refractivity contribution in [1.29, 1.82) is 0 Å². The smallest absolute Gasteiger partial charge is 0.248 e. The summed E-state index contributed by atoms with van der Waals surface area (Å²) in [6, 6.07) is 16.6. The molecule has 0 saturated carbocycles. The second kappa shape index (κ2) is 5.65. The summed E-state index contributed by atoms with van der Waals surface area (Å²) >= 11 is 0. The van der Waals surface area contributed by atoms with E-state index in [9.17, 15) is 4.79 Å². The number of hydrogen-bond acceptors (Lipinski definition) is 4. The van der Waals surface area contributed by atoms with Crippen LogP contribution in [0.25, 0.3) is 22.5 Å². The van der Waals surface area contributed by atoms with E-state index in [4.69, 9.17) is 11.5 Å². The molecule has 0 atom stereocenters. The lowest BCUT2D eigenvalue weighted by Gasteiger charge is -2.08. The predicted octanol–water partition coefficient (Wildman–Crippen LogP) is 2.49. The first-order valence-corrected chi connectivity index (χ1v) is 6.73. The number of amides is 1. The Morgan fingerprint density at radius 2 is 1.68 bits per heavy atom. The van der Waals surface area contributed by atoms with Crippen LogP contribution in [0.15, 0.2) is 60.8 Å². The van der Waals surface area contributed by atoms with Gasteiger partial charge >= 0.3 is 0 Å². The molecule has 0 aliphatic carbocycles. The molecule has 0 bridgehead atoms. The Bertz CT molecular complexity index is 831. The summed E-state index contributed by atoms with van der Waals surface area (Å²) in [4.78, 5) is 20.1. The number of primary amides is 1. The molecule has 1 aromatic heterocycles. The van der Waals surface area contributed by atoms with Crippen molar-refractivity contribution in [3.05, 3.63) is 66.4 Å². The minimum Gasteiger partial charge on any atom is -0.382 e. The molecule has 0 spiro atoms. The maximum absolute atomic E-state index is 11.3. The molecule has 0 aliphatic heterocycles. The van der Waals surface area contributed by atoms with Gasteiger partial charge in [-0.25, -0.2) is 9.97 Å². The highest BCUT2D eigenvalue weighted by atomic mass is 16.1. The van der Waals surface area contributed by atoms with Gasteiger partial charge in [0.05, 0.1) is 11.9 Å². The van der Waals surface area contributed by atoms with E-state index in [0.717, 1.165) is 5.56 Å². The molecule has 3 aromatic rings. The zero-order valence-corrected chi connectivity index (χ0v) is 11.7. The average molecular weight is 290 g/mol. The van der Waals surface area contributed by atoms with E-state index in [1.54, 1.807) is 24.4 Å². The third-order valence-electron chi connectivity index (χ3n) is 3.29. The zero-order chi connectivity index (χ0) is 15.5. The van der Waals surface area contributed by atoms with E-state index in [-0.39, 0.29) is 0 Å². The van der Waals surface area contributed by atoms with Gasteiger partial charge in [-0.15, -0.1) is 0 Å². The van der Waals surface area contributed by atoms with Crippen molar-refractivity contribution in [2.75, 3.05) is 5.73 Å². The van der Waals surface area contributed by atoms with Gasteiger partial charge in [0, 0.05) is 16.7 Å². The van der Waals surface area contributed by atoms with E-state index < -0.39 is 5.91 Å². The molecule has 0 fully saturated rings. The van der Waals surface area contributed by atoms with E-state index in [1.807, 2.05) is 36.4 Å². The van der Waals surface area contributed by atoms with Crippen molar-refractivity contribution in [2.45, 2.75) is 0 Å². The van der Waals surface area contributed by atoms with E-state index in [0.29, 0.717) is 28.3 Å². The standard InChI is InChI=1S/C17H14N4O/c18-16-15(12-7-4-8-13(9-12)17(19)22)21-14(10-20-16)11-5-2-1-3-6-11/h1-10H,(H2,18,20)(H2,19,22). The first-order chi connectivity index (χ1) is 10.6. The van der Waals surface area contributed by atoms with Crippen molar-refractivity contribution in [3.8, 4) is 22.5 Å². The SMILES string of the molecule is NC(=O)c1cccc(-c2nc(-c3ccccc3)cnc2N)c1. The lowest BCUT2D eigenvalue weighted by Crippen LogP contribution is -2.10. The van der Waals surface area contributed by atoms with Gasteiger partial charge in [0.1, 0.15) is 11.5 Å². The summed E-state index contributed by atoms with van der Waals surface area (Å²) in [6.07, 6.45) is 1.63. The van der Waals surface area contributed by atoms with Crippen molar-refractivity contribution in [3.63, 3.8) is 0 Å². The largest absolute Gasteiger partial charge is 0.382 e. The molecular formula is C17H14N4O. The Morgan fingerprint density at radius 3 is 2.41 bits per heavy atom. The first-order valence-electron chi connectivity index (χ1n) is 6.73. The number of benzene rings is 2. The van der Waals surface area contributed by atoms with Gasteiger partial charge in [-0.2, -0.15) is 0 Å². The van der Waals surface area contributed by atoms with Crippen LogP contribution in [0.5, 0.6) is 0 Å². The minimum absolute atomic E-state index is 0.307. The summed E-state index contributed by atoms with van der Waals surface area (Å²) in [5, 5.41) is 0. The molecule has 0 unspecified atom stereocenters. The van der Waals surface area contributed by atoms with Crippen LogP contribution in [-0.4, -0.2) is 15.9 Å². The van der Waals surface area contributed by atoms with Crippen LogP contribution in [0.4, 0.5) is 5.82 Å². The number of rotatable bonds is 3. The van der Waals surface area contributed by atoms with Crippen LogP contribution < -0.4 is 11.5 Å². The van der Waals surface area contributed by atoms with Gasteiger partial charge in [-0.3, -0.25) is 4.79 Å². The van der Waals surface area contributed by atoms with Gasteiger partial charge in [0.2, 0.25) is 5.91 Å². The molecule has 1 heterocycles. The van der Waals surface area contributed by atoms with Gasteiger partial charge in [0.15, 0.2) is 0 Å². The molecular weight excluding hydrogens is 276 g/mol. The van der Waals surface area contributed by atoms with Crippen LogP contribution in [0.1, 0.15) is 10.4 Å². The fraction of sp³-hybridized carbons (Fsp3) is 0. The number of nitrogens with two attached hydrogens (primary N) is 2. The molecule has 3 rings (SSSR count). The second-order valence-corrected chi connectivity index (χ2v) is 4.80. The zero-order valence-electron chi connectivity index (χ0n) is 11.7. The highest BCUT2D eigenvalue weighted by molar-refractivity contribution is 5.94. The number of nitrogens with zero attached hydrogens (tertiary/aromatic N) is 2. The van der Waals surface area contributed by atoms with Crippen molar-refractivity contribution in [1.82, 2.24) is 9.97 Å². The number of carbonyl (C=O) groups is 1. The van der Waals surface area contributed by atoms with E-state index in [1.165, 1.54) is 0 Å². The van der Waals surface area contributed by atoms with Gasteiger partial charge in [-0.05, 0) is 12.1 Å². The highest BCUT2D eigenvalue weighted by Gasteiger charge is 2.10. The molecule has 0 saturated heterocycles. The van der Waals surface area contributed by atoms with Crippen molar-refractivity contribution < 1.29 is 4.79 Å². The number of hydrogen-bond donors (Lipinski definition) is 2. The van der Waals surface area contributed by atoms with Crippen LogP contribution in [0.3, 0.4) is 0 Å². The Morgan fingerprint density at radius 1 is 0.955 bits per heavy atom. The van der Waals surface area contributed by atoms with Gasteiger partial charge < -0.3 is 11.5 Å².